The van der Waals surface area contributed by atoms with Crippen LogP contribution in [0.1, 0.15) is 21.5 Å². The van der Waals surface area contributed by atoms with Gasteiger partial charge < -0.3 is 20.9 Å². The van der Waals surface area contributed by atoms with E-state index >= 15 is 0 Å². The molecule has 0 aliphatic heterocycles. The van der Waals surface area contributed by atoms with Gasteiger partial charge in [0.25, 0.3) is 5.69 Å². The maximum absolute atomic E-state index is 11.9. The molecule has 0 heterocycles. The fourth-order valence-electron chi connectivity index (χ4n) is 2.17. The van der Waals surface area contributed by atoms with Crippen molar-refractivity contribution in [1.29, 1.82) is 0 Å². The first-order valence-corrected chi connectivity index (χ1v) is 7.61. The first kappa shape index (κ1) is 19.4. The van der Waals surface area contributed by atoms with Gasteiger partial charge in [-0.15, -0.1) is 5.10 Å². The molecule has 27 heavy (non-hydrogen) atoms. The summed E-state index contributed by atoms with van der Waals surface area (Å²) in [4.78, 5) is 22.5. The van der Waals surface area contributed by atoms with E-state index in [9.17, 15) is 14.9 Å². The fourth-order valence-corrected chi connectivity index (χ4v) is 2.17. The molecule has 0 saturated heterocycles. The van der Waals surface area contributed by atoms with Gasteiger partial charge in [0, 0.05) is 6.07 Å². The van der Waals surface area contributed by atoms with E-state index in [1.807, 2.05) is 0 Å². The van der Waals surface area contributed by atoms with E-state index in [0.717, 1.165) is 0 Å². The molecule has 0 bridgehead atoms. The van der Waals surface area contributed by atoms with Crippen LogP contribution in [0, 0.1) is 10.1 Å². The van der Waals surface area contributed by atoms with Crippen molar-refractivity contribution in [2.24, 2.45) is 21.7 Å². The van der Waals surface area contributed by atoms with Crippen LogP contribution >= 0.6 is 0 Å². The molecule has 0 spiro atoms. The molecule has 2 aromatic carbocycles. The molecule has 10 nitrogen and oxygen atoms in total. The summed E-state index contributed by atoms with van der Waals surface area (Å²) in [6, 6.07) is 10.8. The van der Waals surface area contributed by atoms with Crippen LogP contribution in [0.5, 0.6) is 5.75 Å². The lowest BCUT2D eigenvalue weighted by Crippen LogP contribution is -2.21. The lowest BCUT2D eigenvalue weighted by atomic mass is 10.1. The van der Waals surface area contributed by atoms with E-state index in [4.69, 9.17) is 16.2 Å². The largest absolute Gasteiger partial charge is 0.489 e. The molecular formula is C17H17N5O5. The lowest BCUT2D eigenvalue weighted by molar-refractivity contribution is -0.385. The van der Waals surface area contributed by atoms with Gasteiger partial charge in [-0.3, -0.25) is 10.1 Å². The summed E-state index contributed by atoms with van der Waals surface area (Å²) >= 11 is 0. The molecular weight excluding hydrogens is 354 g/mol. The van der Waals surface area contributed by atoms with Crippen LogP contribution in [0.25, 0.3) is 0 Å². The predicted molar refractivity (Wildman–Crippen MR) is 98.6 cm³/mol. The topological polar surface area (TPSA) is 155 Å². The Morgan fingerprint density at radius 2 is 1.93 bits per heavy atom. The number of benzene rings is 2. The summed E-state index contributed by atoms with van der Waals surface area (Å²) in [5.74, 6) is -0.386. The number of nitrogens with zero attached hydrogens (tertiary/aromatic N) is 3. The zero-order valence-electron chi connectivity index (χ0n) is 14.4. The number of nitro groups is 1. The SMILES string of the molecule is COC(=O)c1cccc([N+](=O)[O-])c1COc1ccc(C=NN=C(N)N)cc1. The van der Waals surface area contributed by atoms with Gasteiger partial charge >= 0.3 is 5.97 Å². The highest BCUT2D eigenvalue weighted by molar-refractivity contribution is 5.92. The van der Waals surface area contributed by atoms with Crippen LogP contribution in [0.15, 0.2) is 52.7 Å². The van der Waals surface area contributed by atoms with E-state index in [2.05, 4.69) is 14.9 Å². The highest BCUT2D eigenvalue weighted by Crippen LogP contribution is 2.25. The summed E-state index contributed by atoms with van der Waals surface area (Å²) in [5.41, 5.74) is 11.0. The van der Waals surface area contributed by atoms with Crippen LogP contribution in [0.3, 0.4) is 0 Å². The standard InChI is InChI=1S/C17H17N5O5/c1-26-16(23)13-3-2-4-15(22(24)25)14(13)10-27-12-7-5-11(6-8-12)9-20-21-17(18)19/h2-9H,10H2,1H3,(H4,18,19,21). The molecule has 0 radical (unpaired) electrons. The van der Waals surface area contributed by atoms with Gasteiger partial charge in [-0.25, -0.2) is 4.79 Å². The average Bonchev–Trinajstić information content (AvgIpc) is 2.66. The predicted octanol–water partition coefficient (Wildman–Crippen LogP) is 1.57. The van der Waals surface area contributed by atoms with Crippen molar-refractivity contribution in [3.05, 3.63) is 69.3 Å². The van der Waals surface area contributed by atoms with E-state index < -0.39 is 10.9 Å². The van der Waals surface area contributed by atoms with Crippen LogP contribution in [0.2, 0.25) is 0 Å². The zero-order chi connectivity index (χ0) is 19.8. The third-order valence-corrected chi connectivity index (χ3v) is 3.40. The maximum atomic E-state index is 11.9. The molecule has 0 atom stereocenters. The van der Waals surface area contributed by atoms with Crippen LogP contribution in [-0.4, -0.2) is 30.2 Å². The van der Waals surface area contributed by atoms with E-state index in [1.54, 1.807) is 24.3 Å². The molecule has 2 rings (SSSR count). The minimum atomic E-state index is -0.677. The van der Waals surface area contributed by atoms with Crippen molar-refractivity contribution >= 4 is 23.8 Å². The number of carbonyl (C=O) groups is 1. The number of methoxy groups -OCH3 is 1. The molecule has 0 fully saturated rings. The van der Waals surface area contributed by atoms with Crippen molar-refractivity contribution in [3.63, 3.8) is 0 Å². The number of hydrogen-bond donors (Lipinski definition) is 2. The van der Waals surface area contributed by atoms with E-state index in [-0.39, 0.29) is 29.4 Å². The first-order chi connectivity index (χ1) is 12.9. The Bertz CT molecular complexity index is 889. The Kier molecular flexibility index (Phi) is 6.42. The van der Waals surface area contributed by atoms with Crippen molar-refractivity contribution < 1.29 is 19.2 Å². The quantitative estimate of drug-likeness (QED) is 0.246. The Balaban J connectivity index is 2.19. The highest BCUT2D eigenvalue weighted by Gasteiger charge is 2.22. The number of nitrogens with two attached hydrogens (primary N) is 2. The van der Waals surface area contributed by atoms with Crippen molar-refractivity contribution in [1.82, 2.24) is 0 Å². The van der Waals surface area contributed by atoms with Crippen molar-refractivity contribution in [3.8, 4) is 5.75 Å². The Morgan fingerprint density at radius 1 is 1.22 bits per heavy atom. The number of nitro benzene ring substituents is 1. The van der Waals surface area contributed by atoms with Gasteiger partial charge in [0.1, 0.15) is 12.4 Å². The normalized spacial score (nSPS) is 10.4. The molecule has 0 aliphatic carbocycles. The summed E-state index contributed by atoms with van der Waals surface area (Å²) < 4.78 is 10.3. The Morgan fingerprint density at radius 3 is 2.52 bits per heavy atom. The second-order valence-corrected chi connectivity index (χ2v) is 5.18. The smallest absolute Gasteiger partial charge is 0.338 e. The number of carbonyl (C=O) groups excluding carboxylic acids is 1. The number of esters is 1. The summed E-state index contributed by atoms with van der Waals surface area (Å²) in [5, 5.41) is 18.4. The molecule has 0 unspecified atom stereocenters. The number of ether oxygens (including phenoxy) is 2. The summed E-state index contributed by atoms with van der Waals surface area (Å²) in [7, 11) is 1.20. The fraction of sp³-hybridized carbons (Fsp3) is 0.118. The number of guanidine groups is 1. The van der Waals surface area contributed by atoms with E-state index in [0.29, 0.717) is 11.3 Å². The van der Waals surface area contributed by atoms with Gasteiger partial charge in [0.15, 0.2) is 0 Å². The van der Waals surface area contributed by atoms with Gasteiger partial charge in [-0.05, 0) is 35.9 Å². The van der Waals surface area contributed by atoms with Gasteiger partial charge in [0.05, 0.1) is 29.4 Å². The molecule has 10 heteroatoms. The average molecular weight is 371 g/mol. The number of hydrogen-bond acceptors (Lipinski definition) is 7. The van der Waals surface area contributed by atoms with Crippen LogP contribution < -0.4 is 16.2 Å². The monoisotopic (exact) mass is 371 g/mol. The summed E-state index contributed by atoms with van der Waals surface area (Å²) in [6.45, 7) is -0.178. The third kappa shape index (κ3) is 5.26. The van der Waals surface area contributed by atoms with Crippen molar-refractivity contribution in [2.75, 3.05) is 7.11 Å². The molecule has 0 saturated carbocycles. The maximum Gasteiger partial charge on any atom is 0.338 e. The second-order valence-electron chi connectivity index (χ2n) is 5.18. The molecule has 4 N–H and O–H groups in total. The van der Waals surface area contributed by atoms with Crippen LogP contribution in [-0.2, 0) is 11.3 Å². The Labute approximate surface area is 154 Å². The lowest BCUT2D eigenvalue weighted by Gasteiger charge is -2.10. The summed E-state index contributed by atoms with van der Waals surface area (Å²) in [6.07, 6.45) is 1.45. The number of rotatable bonds is 7. The highest BCUT2D eigenvalue weighted by atomic mass is 16.6. The second kappa shape index (κ2) is 8.94. The van der Waals surface area contributed by atoms with Gasteiger partial charge in [0.2, 0.25) is 5.96 Å². The first-order valence-electron chi connectivity index (χ1n) is 7.61. The van der Waals surface area contributed by atoms with Crippen molar-refractivity contribution in [2.45, 2.75) is 6.61 Å². The third-order valence-electron chi connectivity index (χ3n) is 3.40. The molecule has 0 aromatic heterocycles. The van der Waals surface area contributed by atoms with Gasteiger partial charge in [-0.1, -0.05) is 6.07 Å². The van der Waals surface area contributed by atoms with Crippen LogP contribution in [0.4, 0.5) is 5.69 Å². The van der Waals surface area contributed by atoms with E-state index in [1.165, 1.54) is 31.5 Å². The minimum Gasteiger partial charge on any atom is -0.489 e. The molecule has 0 aliphatic rings. The minimum absolute atomic E-state index is 0.0766. The van der Waals surface area contributed by atoms with Gasteiger partial charge in [-0.2, -0.15) is 5.10 Å². The molecule has 140 valence electrons. The Hall–Kier alpha value is -3.95. The molecule has 0 amide bonds. The molecule has 2 aromatic rings. The zero-order valence-corrected chi connectivity index (χ0v) is 14.4.